The number of aliphatic carboxylic acids is 1. The molecule has 0 spiro atoms. The van der Waals surface area contributed by atoms with Crippen LogP contribution in [0, 0.1) is 10.1 Å². The maximum Gasteiger partial charge on any atom is 0.322 e. The Morgan fingerprint density at radius 1 is 1.19 bits per heavy atom. The molecule has 2 aromatic rings. The molecule has 0 radical (unpaired) electrons. The summed E-state index contributed by atoms with van der Waals surface area (Å²) in [5.41, 5.74) is 0.761. The first kappa shape index (κ1) is 20.9. The Morgan fingerprint density at radius 2 is 1.78 bits per heavy atom. The van der Waals surface area contributed by atoms with Crippen molar-refractivity contribution in [3.05, 3.63) is 70.3 Å². The Labute approximate surface area is 161 Å². The lowest BCUT2D eigenvalue weighted by Gasteiger charge is -2.24. The molecule has 0 fully saturated rings. The fraction of sp³-hybridized carbons (Fsp3) is 0.235. The number of carboxylic acid groups (broad SMARTS) is 1. The minimum absolute atomic E-state index is 0.0624. The van der Waals surface area contributed by atoms with Crippen LogP contribution in [0.4, 0.5) is 5.69 Å². The summed E-state index contributed by atoms with van der Waals surface area (Å²) in [5, 5.41) is 20.2. The van der Waals surface area contributed by atoms with Gasteiger partial charge < -0.3 is 5.11 Å². The highest BCUT2D eigenvalue weighted by atomic mass is 32.2. The third-order valence-electron chi connectivity index (χ3n) is 3.84. The molecule has 0 aliphatic heterocycles. The van der Waals surface area contributed by atoms with E-state index in [0.717, 1.165) is 34.1 Å². The van der Waals surface area contributed by atoms with E-state index in [1.54, 1.807) is 0 Å². The average Bonchev–Trinajstić information content (AvgIpc) is 2.65. The number of thioether (sulfide) groups is 1. The van der Waals surface area contributed by atoms with Gasteiger partial charge in [-0.1, -0.05) is 30.3 Å². The summed E-state index contributed by atoms with van der Waals surface area (Å²) < 4.78 is 26.1. The van der Waals surface area contributed by atoms with Gasteiger partial charge in [0.2, 0.25) is 10.0 Å². The molecule has 0 bridgehead atoms. The van der Waals surface area contributed by atoms with Crippen molar-refractivity contribution in [1.29, 1.82) is 0 Å². The van der Waals surface area contributed by atoms with Gasteiger partial charge >= 0.3 is 5.97 Å². The van der Waals surface area contributed by atoms with Crippen LogP contribution in [0.3, 0.4) is 0 Å². The molecule has 1 atom stereocenters. The number of non-ortho nitro benzene ring substituents is 1. The number of sulfonamides is 1. The first-order valence-corrected chi connectivity index (χ1v) is 10.4. The van der Waals surface area contributed by atoms with Crippen molar-refractivity contribution in [3.63, 3.8) is 0 Å². The van der Waals surface area contributed by atoms with Gasteiger partial charge in [-0.05, 0) is 17.7 Å². The van der Waals surface area contributed by atoms with Gasteiger partial charge in [0.25, 0.3) is 5.69 Å². The van der Waals surface area contributed by atoms with E-state index in [0.29, 0.717) is 5.75 Å². The second-order valence-electron chi connectivity index (χ2n) is 5.63. The standard InChI is InChI=1S/C17H18N2O6S2/c1-18(27(24,25)15-9-7-14(8-10-15)19(22)23)16(17(20)21)12-26-11-13-5-3-2-4-6-13/h2-10,16H,11-12H2,1H3,(H,20,21)/t16-/m0/s1. The predicted octanol–water partition coefficient (Wildman–Crippen LogP) is 2.60. The van der Waals surface area contributed by atoms with E-state index < -0.39 is 27.0 Å². The number of rotatable bonds is 9. The van der Waals surface area contributed by atoms with Crippen molar-refractivity contribution >= 4 is 33.4 Å². The van der Waals surface area contributed by atoms with Crippen LogP contribution in [0.5, 0.6) is 0 Å². The number of nitro benzene ring substituents is 1. The number of hydrogen-bond acceptors (Lipinski definition) is 6. The molecule has 10 heteroatoms. The van der Waals surface area contributed by atoms with Crippen molar-refractivity contribution in [2.75, 3.05) is 12.8 Å². The summed E-state index contributed by atoms with van der Waals surface area (Å²) in [7, 11) is -2.91. The number of benzene rings is 2. The maximum absolute atomic E-state index is 12.7. The molecular formula is C17H18N2O6S2. The van der Waals surface area contributed by atoms with Gasteiger partial charge in [0.15, 0.2) is 0 Å². The van der Waals surface area contributed by atoms with Crippen LogP contribution in [-0.2, 0) is 20.6 Å². The molecule has 8 nitrogen and oxygen atoms in total. The zero-order valence-corrected chi connectivity index (χ0v) is 16.0. The molecule has 144 valence electrons. The lowest BCUT2D eigenvalue weighted by Crippen LogP contribution is -2.44. The van der Waals surface area contributed by atoms with Crippen molar-refractivity contribution in [2.24, 2.45) is 0 Å². The van der Waals surface area contributed by atoms with Crippen molar-refractivity contribution in [1.82, 2.24) is 4.31 Å². The van der Waals surface area contributed by atoms with Gasteiger partial charge in [0, 0.05) is 30.7 Å². The van der Waals surface area contributed by atoms with Crippen LogP contribution in [0.1, 0.15) is 5.56 Å². The number of nitrogens with zero attached hydrogens (tertiary/aromatic N) is 2. The average molecular weight is 410 g/mol. The van der Waals surface area contributed by atoms with Gasteiger partial charge in [0.05, 0.1) is 9.82 Å². The molecule has 2 aromatic carbocycles. The third kappa shape index (κ3) is 5.28. The normalized spacial score (nSPS) is 12.7. The Hall–Kier alpha value is -2.43. The second kappa shape index (κ2) is 8.98. The molecule has 2 rings (SSSR count). The molecular weight excluding hydrogens is 392 g/mol. The van der Waals surface area contributed by atoms with Crippen molar-refractivity contribution in [3.8, 4) is 0 Å². The van der Waals surface area contributed by atoms with E-state index in [1.165, 1.54) is 18.8 Å². The molecule has 0 aliphatic rings. The predicted molar refractivity (Wildman–Crippen MR) is 102 cm³/mol. The van der Waals surface area contributed by atoms with Crippen LogP contribution in [0.25, 0.3) is 0 Å². The molecule has 0 saturated heterocycles. The van der Waals surface area contributed by atoms with Crippen molar-refractivity contribution < 1.29 is 23.2 Å². The van der Waals surface area contributed by atoms with Gasteiger partial charge in [-0.3, -0.25) is 14.9 Å². The molecule has 0 saturated carbocycles. The number of nitro groups is 1. The summed E-state index contributed by atoms with van der Waals surface area (Å²) in [6, 6.07) is 12.5. The van der Waals surface area contributed by atoms with Crippen LogP contribution < -0.4 is 0 Å². The maximum atomic E-state index is 12.7. The lowest BCUT2D eigenvalue weighted by atomic mass is 10.2. The Bertz CT molecular complexity index is 901. The Balaban J connectivity index is 2.12. The van der Waals surface area contributed by atoms with E-state index in [1.807, 2.05) is 30.3 Å². The summed E-state index contributed by atoms with van der Waals surface area (Å²) >= 11 is 1.31. The monoisotopic (exact) mass is 410 g/mol. The van der Waals surface area contributed by atoms with Crippen LogP contribution in [-0.4, -0.2) is 47.6 Å². The fourth-order valence-electron chi connectivity index (χ4n) is 2.27. The second-order valence-corrected chi connectivity index (χ2v) is 8.65. The molecule has 0 amide bonds. The third-order valence-corrected chi connectivity index (χ3v) is 6.81. The molecule has 0 heterocycles. The van der Waals surface area contributed by atoms with Crippen LogP contribution in [0.2, 0.25) is 0 Å². The van der Waals surface area contributed by atoms with Gasteiger partial charge in [-0.15, -0.1) is 0 Å². The van der Waals surface area contributed by atoms with E-state index in [2.05, 4.69) is 0 Å². The topological polar surface area (TPSA) is 118 Å². The summed E-state index contributed by atoms with van der Waals surface area (Å²) in [6.07, 6.45) is 0. The number of hydrogen-bond donors (Lipinski definition) is 1. The first-order valence-electron chi connectivity index (χ1n) is 7.80. The van der Waals surface area contributed by atoms with E-state index in [9.17, 15) is 28.4 Å². The van der Waals surface area contributed by atoms with Crippen molar-refractivity contribution in [2.45, 2.75) is 16.7 Å². The highest BCUT2D eigenvalue weighted by molar-refractivity contribution is 7.98. The SMILES string of the molecule is CN([C@@H](CSCc1ccccc1)C(=O)O)S(=O)(=O)c1ccc([N+](=O)[O-])cc1. The highest BCUT2D eigenvalue weighted by Gasteiger charge is 2.33. The minimum Gasteiger partial charge on any atom is -0.480 e. The van der Waals surface area contributed by atoms with Crippen LogP contribution in [0.15, 0.2) is 59.5 Å². The summed E-state index contributed by atoms with van der Waals surface area (Å²) in [4.78, 5) is 21.5. The highest BCUT2D eigenvalue weighted by Crippen LogP contribution is 2.22. The zero-order chi connectivity index (χ0) is 20.0. The smallest absolute Gasteiger partial charge is 0.322 e. The zero-order valence-electron chi connectivity index (χ0n) is 14.4. The molecule has 0 aliphatic carbocycles. The van der Waals surface area contributed by atoms with Crippen LogP contribution >= 0.6 is 11.8 Å². The number of carboxylic acids is 1. The fourth-order valence-corrected chi connectivity index (χ4v) is 4.81. The lowest BCUT2D eigenvalue weighted by molar-refractivity contribution is -0.384. The molecule has 0 unspecified atom stereocenters. The van der Waals surface area contributed by atoms with E-state index in [4.69, 9.17) is 0 Å². The summed E-state index contributed by atoms with van der Waals surface area (Å²) in [5.74, 6) is -0.647. The van der Waals surface area contributed by atoms with Gasteiger partial charge in [-0.25, -0.2) is 8.42 Å². The quantitative estimate of drug-likeness (QED) is 0.499. The largest absolute Gasteiger partial charge is 0.480 e. The van der Waals surface area contributed by atoms with E-state index in [-0.39, 0.29) is 16.3 Å². The molecule has 1 N–H and O–H groups in total. The van der Waals surface area contributed by atoms with Gasteiger partial charge in [-0.2, -0.15) is 16.1 Å². The van der Waals surface area contributed by atoms with E-state index >= 15 is 0 Å². The summed E-state index contributed by atoms with van der Waals surface area (Å²) in [6.45, 7) is 0. The number of likely N-dealkylation sites (N-methyl/N-ethyl adjacent to an activating group) is 1. The molecule has 0 aromatic heterocycles. The number of carbonyl (C=O) groups is 1. The first-order chi connectivity index (χ1) is 12.7. The van der Waals surface area contributed by atoms with Gasteiger partial charge in [0.1, 0.15) is 6.04 Å². The Morgan fingerprint density at radius 3 is 2.30 bits per heavy atom. The molecule has 27 heavy (non-hydrogen) atoms. The minimum atomic E-state index is -4.10. The Kier molecular flexibility index (Phi) is 6.94.